The van der Waals surface area contributed by atoms with Crippen LogP contribution in [-0.2, 0) is 14.3 Å². The first-order valence-electron chi connectivity index (χ1n) is 11.0. The van der Waals surface area contributed by atoms with Crippen LogP contribution in [0.1, 0.15) is 41.4 Å². The van der Waals surface area contributed by atoms with Crippen LogP contribution in [0.5, 0.6) is 5.75 Å². The van der Waals surface area contributed by atoms with E-state index in [1.54, 1.807) is 0 Å². The van der Waals surface area contributed by atoms with Crippen molar-refractivity contribution >= 4 is 41.2 Å². The highest BCUT2D eigenvalue weighted by molar-refractivity contribution is 6.35. The number of ether oxygens (including phenoxy) is 1. The van der Waals surface area contributed by atoms with Crippen LogP contribution >= 0.6 is 23.2 Å². The maximum absolute atomic E-state index is 12.5. The summed E-state index contributed by atoms with van der Waals surface area (Å²) in [4.78, 5) is 36.1. The van der Waals surface area contributed by atoms with Gasteiger partial charge in [0, 0.05) is 28.8 Å². The van der Waals surface area contributed by atoms with Gasteiger partial charge >= 0.3 is 12.1 Å². The van der Waals surface area contributed by atoms with Crippen LogP contribution in [-0.4, -0.2) is 34.8 Å². The van der Waals surface area contributed by atoms with Gasteiger partial charge in [-0.3, -0.25) is 15.0 Å². The number of hydrazine groups is 1. The van der Waals surface area contributed by atoms with Gasteiger partial charge in [-0.2, -0.15) is 0 Å². The molecule has 0 aliphatic heterocycles. The highest BCUT2D eigenvalue weighted by Crippen LogP contribution is 2.44. The number of nitrogens with one attached hydrogen (secondary N) is 2. The molecular formula is C26H22Cl2N2O6. The normalized spacial score (nSPS) is 12.8. The van der Waals surface area contributed by atoms with Crippen LogP contribution in [0.25, 0.3) is 11.1 Å². The van der Waals surface area contributed by atoms with E-state index in [1.165, 1.54) is 12.1 Å². The first kappa shape index (κ1) is 25.3. The zero-order valence-corrected chi connectivity index (χ0v) is 20.3. The molecule has 10 heteroatoms. The lowest BCUT2D eigenvalue weighted by Gasteiger charge is -2.18. The zero-order valence-electron chi connectivity index (χ0n) is 18.8. The monoisotopic (exact) mass is 528 g/mol. The lowest BCUT2D eigenvalue weighted by molar-refractivity contribution is -0.137. The second-order valence-corrected chi connectivity index (χ2v) is 9.17. The summed E-state index contributed by atoms with van der Waals surface area (Å²) in [6.07, 6.45) is -1.70. The molecule has 0 fully saturated rings. The van der Waals surface area contributed by atoms with Gasteiger partial charge in [-0.05, 0) is 34.4 Å². The number of hydrogen-bond acceptors (Lipinski definition) is 5. The smallest absolute Gasteiger partial charge is 0.426 e. The van der Waals surface area contributed by atoms with Crippen molar-refractivity contribution in [3.05, 3.63) is 87.4 Å². The van der Waals surface area contributed by atoms with Crippen molar-refractivity contribution in [3.8, 4) is 16.9 Å². The largest absolute Gasteiger partial charge is 0.506 e. The summed E-state index contributed by atoms with van der Waals surface area (Å²) in [5.41, 5.74) is 8.78. The number of carboxylic acids is 1. The van der Waals surface area contributed by atoms with Gasteiger partial charge in [-0.25, -0.2) is 10.2 Å². The Kier molecular flexibility index (Phi) is 7.67. The molecule has 8 nitrogen and oxygen atoms in total. The number of halogens is 2. The number of carbonyl (C=O) groups excluding carboxylic acids is 2. The Labute approximate surface area is 216 Å². The average molecular weight is 529 g/mol. The van der Waals surface area contributed by atoms with E-state index in [0.717, 1.165) is 22.3 Å². The van der Waals surface area contributed by atoms with Gasteiger partial charge in [-0.1, -0.05) is 71.7 Å². The minimum absolute atomic E-state index is 0.0618. The van der Waals surface area contributed by atoms with E-state index in [0.29, 0.717) is 0 Å². The van der Waals surface area contributed by atoms with Crippen LogP contribution < -0.4 is 10.9 Å². The Balaban J connectivity index is 1.36. The number of aliphatic carboxylic acids is 1. The SMILES string of the molecule is O=C(O)CC(CC(=O)NNC(=O)OCC1c2ccccc2-c2ccccc21)c1cc(Cl)cc(Cl)c1O. The Morgan fingerprint density at radius 1 is 0.917 bits per heavy atom. The van der Waals surface area contributed by atoms with Gasteiger partial charge in [0.1, 0.15) is 12.4 Å². The van der Waals surface area contributed by atoms with Crippen LogP contribution in [0.2, 0.25) is 10.0 Å². The molecule has 0 radical (unpaired) electrons. The number of aromatic hydroxyl groups is 1. The second kappa shape index (κ2) is 10.9. The number of carboxylic acid groups (broad SMARTS) is 1. The molecule has 2 amide bonds. The lowest BCUT2D eigenvalue weighted by atomic mass is 9.91. The van der Waals surface area contributed by atoms with Crippen LogP contribution in [0.15, 0.2) is 60.7 Å². The number of fused-ring (bicyclic) bond motifs is 3. The molecule has 1 atom stereocenters. The molecule has 0 saturated carbocycles. The number of phenolic OH excluding ortho intramolecular Hbond substituents is 1. The average Bonchev–Trinajstić information content (AvgIpc) is 3.16. The van der Waals surface area contributed by atoms with Gasteiger partial charge < -0.3 is 14.9 Å². The standard InChI is InChI=1S/C26H22Cl2N2O6/c27-15-11-20(25(34)22(28)12-15)14(10-24(32)33)9-23(31)29-30-26(35)36-13-21-18-7-3-1-5-16(18)17-6-2-4-8-19(17)21/h1-8,11-12,14,21,34H,9-10,13H2,(H,29,31)(H,30,35)(H,32,33). The summed E-state index contributed by atoms with van der Waals surface area (Å²) in [5, 5.41) is 19.6. The Bertz CT molecular complexity index is 1280. The van der Waals surface area contributed by atoms with E-state index >= 15 is 0 Å². The molecule has 0 bridgehead atoms. The van der Waals surface area contributed by atoms with E-state index in [-0.39, 0.29) is 40.3 Å². The van der Waals surface area contributed by atoms with Crippen molar-refractivity contribution in [1.82, 2.24) is 10.9 Å². The molecule has 4 N–H and O–H groups in total. The van der Waals surface area contributed by atoms with E-state index in [4.69, 9.17) is 27.9 Å². The molecular weight excluding hydrogens is 507 g/mol. The number of carbonyl (C=O) groups is 3. The quantitative estimate of drug-likeness (QED) is 0.311. The maximum atomic E-state index is 12.5. The molecule has 0 heterocycles. The Morgan fingerprint density at radius 2 is 1.53 bits per heavy atom. The van der Waals surface area contributed by atoms with E-state index < -0.39 is 30.3 Å². The van der Waals surface area contributed by atoms with Gasteiger partial charge in [0.25, 0.3) is 0 Å². The Hall–Kier alpha value is -3.75. The molecule has 186 valence electrons. The van der Waals surface area contributed by atoms with Crippen LogP contribution in [0, 0.1) is 0 Å². The van der Waals surface area contributed by atoms with Gasteiger partial charge in [0.05, 0.1) is 11.4 Å². The number of benzene rings is 3. The predicted molar refractivity (Wildman–Crippen MR) is 134 cm³/mol. The summed E-state index contributed by atoms with van der Waals surface area (Å²) in [6.45, 7) is 0.0618. The van der Waals surface area contributed by atoms with Gasteiger partial charge in [0.2, 0.25) is 5.91 Å². The summed E-state index contributed by atoms with van der Waals surface area (Å²) in [6, 6.07) is 18.4. The van der Waals surface area contributed by atoms with Crippen LogP contribution in [0.4, 0.5) is 4.79 Å². The van der Waals surface area contributed by atoms with E-state index in [9.17, 15) is 24.6 Å². The van der Waals surface area contributed by atoms with Crippen molar-refractivity contribution in [2.24, 2.45) is 0 Å². The second-order valence-electron chi connectivity index (χ2n) is 8.32. The van der Waals surface area contributed by atoms with Crippen molar-refractivity contribution in [2.45, 2.75) is 24.7 Å². The zero-order chi connectivity index (χ0) is 25.8. The molecule has 36 heavy (non-hydrogen) atoms. The van der Waals surface area contributed by atoms with Crippen molar-refractivity contribution in [2.75, 3.05) is 6.61 Å². The third-order valence-electron chi connectivity index (χ3n) is 6.00. The first-order valence-corrected chi connectivity index (χ1v) is 11.8. The fraction of sp³-hybridized carbons (Fsp3) is 0.192. The van der Waals surface area contributed by atoms with Crippen LogP contribution in [0.3, 0.4) is 0 Å². The summed E-state index contributed by atoms with van der Waals surface area (Å²) in [7, 11) is 0. The molecule has 1 unspecified atom stereocenters. The third-order valence-corrected chi connectivity index (χ3v) is 6.50. The third kappa shape index (κ3) is 5.56. The summed E-state index contributed by atoms with van der Waals surface area (Å²) in [5.74, 6) is -3.32. The molecule has 0 spiro atoms. The van der Waals surface area contributed by atoms with Gasteiger partial charge in [-0.15, -0.1) is 0 Å². The predicted octanol–water partition coefficient (Wildman–Crippen LogP) is 5.22. The fourth-order valence-corrected chi connectivity index (χ4v) is 4.94. The number of rotatable bonds is 7. The highest BCUT2D eigenvalue weighted by atomic mass is 35.5. The maximum Gasteiger partial charge on any atom is 0.426 e. The number of amides is 2. The topological polar surface area (TPSA) is 125 Å². The van der Waals surface area contributed by atoms with Crippen molar-refractivity contribution in [3.63, 3.8) is 0 Å². The number of phenols is 1. The van der Waals surface area contributed by atoms with Crippen molar-refractivity contribution in [1.29, 1.82) is 0 Å². The minimum atomic E-state index is -1.19. The van der Waals surface area contributed by atoms with Gasteiger partial charge in [0.15, 0.2) is 0 Å². The lowest BCUT2D eigenvalue weighted by Crippen LogP contribution is -2.42. The fourth-order valence-electron chi connectivity index (χ4n) is 4.43. The molecule has 0 saturated heterocycles. The Morgan fingerprint density at radius 3 is 2.14 bits per heavy atom. The molecule has 3 aromatic carbocycles. The molecule has 1 aliphatic carbocycles. The highest BCUT2D eigenvalue weighted by Gasteiger charge is 2.29. The van der Waals surface area contributed by atoms with E-state index in [1.807, 2.05) is 48.5 Å². The summed E-state index contributed by atoms with van der Waals surface area (Å²) < 4.78 is 5.36. The molecule has 3 aromatic rings. The molecule has 4 rings (SSSR count). The minimum Gasteiger partial charge on any atom is -0.506 e. The van der Waals surface area contributed by atoms with Crippen molar-refractivity contribution < 1.29 is 29.3 Å². The van der Waals surface area contributed by atoms with E-state index in [2.05, 4.69) is 10.9 Å². The molecule has 1 aliphatic rings. The summed E-state index contributed by atoms with van der Waals surface area (Å²) >= 11 is 11.9. The number of hydrogen-bond donors (Lipinski definition) is 4. The first-order chi connectivity index (χ1) is 17.2. The molecule has 0 aromatic heterocycles.